The fraction of sp³-hybridized carbons (Fsp3) is 0.211. The lowest BCUT2D eigenvalue weighted by Gasteiger charge is -2.19. The first kappa shape index (κ1) is 16.8. The van der Waals surface area contributed by atoms with Crippen molar-refractivity contribution in [1.82, 2.24) is 4.98 Å². The van der Waals surface area contributed by atoms with Crippen LogP contribution in [0.15, 0.2) is 46.9 Å². The van der Waals surface area contributed by atoms with E-state index < -0.39 is 0 Å². The highest BCUT2D eigenvalue weighted by molar-refractivity contribution is 8.15. The molecular weight excluding hydrogens is 350 g/mol. The molecule has 1 aliphatic heterocycles. The summed E-state index contributed by atoms with van der Waals surface area (Å²) in [5.74, 6) is 0.738. The zero-order valence-electron chi connectivity index (χ0n) is 14.2. The summed E-state index contributed by atoms with van der Waals surface area (Å²) in [4.78, 5) is 18.0. The second-order valence-corrected chi connectivity index (χ2v) is 6.99. The number of nitrogens with zero attached hydrogens (tertiary/aromatic N) is 2. The summed E-state index contributed by atoms with van der Waals surface area (Å²) in [6, 6.07) is 13.4. The number of rotatable bonds is 5. The highest BCUT2D eigenvalue weighted by Crippen LogP contribution is 2.30. The van der Waals surface area contributed by atoms with E-state index >= 15 is 0 Å². The second kappa shape index (κ2) is 6.93. The normalized spacial score (nSPS) is 14.6. The Labute approximate surface area is 154 Å². The van der Waals surface area contributed by atoms with Gasteiger partial charge in [-0.1, -0.05) is 36.0 Å². The van der Waals surface area contributed by atoms with E-state index in [9.17, 15) is 4.79 Å². The number of aryl methyl sites for hydroxylation is 1. The summed E-state index contributed by atoms with van der Waals surface area (Å²) < 4.78 is 11.4. The Morgan fingerprint density at radius 3 is 2.88 bits per heavy atom. The standard InChI is InChI=1S/C19H17N3O3S/c1-12-6-7-13(15(8-12)22-18(23)11-26-19(22)20)9-24-10-17-21-14-4-2-3-5-16(14)25-17/h2-8,20H,9-11H2,1H3. The molecule has 0 unspecified atom stereocenters. The molecule has 0 atom stereocenters. The lowest BCUT2D eigenvalue weighted by atomic mass is 10.1. The van der Waals surface area contributed by atoms with Gasteiger partial charge in [-0.2, -0.15) is 0 Å². The van der Waals surface area contributed by atoms with Gasteiger partial charge in [0, 0.05) is 5.56 Å². The van der Waals surface area contributed by atoms with Crippen molar-refractivity contribution < 1.29 is 13.9 Å². The molecule has 0 saturated carbocycles. The summed E-state index contributed by atoms with van der Waals surface area (Å²) in [5, 5.41) is 8.27. The number of ether oxygens (including phenoxy) is 1. The number of hydrogen-bond acceptors (Lipinski definition) is 6. The van der Waals surface area contributed by atoms with Crippen LogP contribution in [-0.4, -0.2) is 21.8 Å². The van der Waals surface area contributed by atoms with E-state index in [4.69, 9.17) is 14.6 Å². The molecule has 4 rings (SSSR count). The molecule has 0 bridgehead atoms. The third kappa shape index (κ3) is 3.23. The number of aromatic nitrogens is 1. The molecule has 1 fully saturated rings. The van der Waals surface area contributed by atoms with Gasteiger partial charge in [0.1, 0.15) is 12.1 Å². The number of carbonyl (C=O) groups is 1. The molecule has 0 spiro atoms. The Balaban J connectivity index is 1.51. The molecule has 0 radical (unpaired) electrons. The van der Waals surface area contributed by atoms with Gasteiger partial charge in [0.2, 0.25) is 11.8 Å². The maximum Gasteiger partial charge on any atom is 0.243 e. The van der Waals surface area contributed by atoms with Crippen molar-refractivity contribution in [1.29, 1.82) is 5.41 Å². The number of thioether (sulfide) groups is 1. The van der Waals surface area contributed by atoms with Crippen molar-refractivity contribution >= 4 is 39.6 Å². The van der Waals surface area contributed by atoms with Gasteiger partial charge >= 0.3 is 0 Å². The summed E-state index contributed by atoms with van der Waals surface area (Å²) in [5.41, 5.74) is 4.13. The van der Waals surface area contributed by atoms with Crippen LogP contribution in [0.25, 0.3) is 11.1 Å². The number of para-hydroxylation sites is 2. The SMILES string of the molecule is Cc1ccc(COCc2nc3ccccc3o2)c(N2C(=N)SCC2=O)c1. The molecule has 1 saturated heterocycles. The fourth-order valence-corrected chi connectivity index (χ4v) is 3.57. The molecule has 1 aromatic heterocycles. The van der Waals surface area contributed by atoms with Crippen LogP contribution in [0.1, 0.15) is 17.0 Å². The van der Waals surface area contributed by atoms with Crippen molar-refractivity contribution in [2.24, 2.45) is 0 Å². The van der Waals surface area contributed by atoms with Gasteiger partial charge in [0.15, 0.2) is 10.8 Å². The summed E-state index contributed by atoms with van der Waals surface area (Å²) in [7, 11) is 0. The van der Waals surface area contributed by atoms with Crippen molar-refractivity contribution in [3.8, 4) is 0 Å². The first-order valence-electron chi connectivity index (χ1n) is 8.18. The number of benzene rings is 2. The van der Waals surface area contributed by atoms with E-state index in [0.29, 0.717) is 23.9 Å². The molecule has 6 nitrogen and oxygen atoms in total. The summed E-state index contributed by atoms with van der Waals surface area (Å²) in [6.45, 7) is 2.50. The minimum atomic E-state index is -0.0780. The van der Waals surface area contributed by atoms with Gasteiger partial charge in [0.05, 0.1) is 18.0 Å². The highest BCUT2D eigenvalue weighted by atomic mass is 32.2. The zero-order valence-corrected chi connectivity index (χ0v) is 15.0. The van der Waals surface area contributed by atoms with Gasteiger partial charge in [0.25, 0.3) is 0 Å². The molecule has 0 aliphatic carbocycles. The summed E-state index contributed by atoms with van der Waals surface area (Å²) in [6.07, 6.45) is 0. The predicted octanol–water partition coefficient (Wildman–Crippen LogP) is 3.87. The zero-order chi connectivity index (χ0) is 18.1. The summed E-state index contributed by atoms with van der Waals surface area (Å²) >= 11 is 1.24. The maximum absolute atomic E-state index is 12.1. The number of oxazole rings is 1. The predicted molar refractivity (Wildman–Crippen MR) is 101 cm³/mol. The van der Waals surface area contributed by atoms with Crippen LogP contribution in [0.2, 0.25) is 0 Å². The number of fused-ring (bicyclic) bond motifs is 1. The minimum Gasteiger partial charge on any atom is -0.438 e. The quantitative estimate of drug-likeness (QED) is 0.740. The average molecular weight is 367 g/mol. The molecule has 7 heteroatoms. The lowest BCUT2D eigenvalue weighted by molar-refractivity contribution is -0.115. The van der Waals surface area contributed by atoms with Crippen molar-refractivity contribution in [2.75, 3.05) is 10.7 Å². The van der Waals surface area contributed by atoms with Crippen LogP contribution in [0, 0.1) is 12.3 Å². The van der Waals surface area contributed by atoms with Crippen LogP contribution in [0.3, 0.4) is 0 Å². The third-order valence-corrected chi connectivity index (χ3v) is 4.94. The molecule has 2 heterocycles. The van der Waals surface area contributed by atoms with E-state index in [-0.39, 0.29) is 17.7 Å². The second-order valence-electron chi connectivity index (χ2n) is 6.02. The van der Waals surface area contributed by atoms with Crippen LogP contribution < -0.4 is 4.90 Å². The molecule has 26 heavy (non-hydrogen) atoms. The maximum atomic E-state index is 12.1. The lowest BCUT2D eigenvalue weighted by Crippen LogP contribution is -2.29. The van der Waals surface area contributed by atoms with Crippen molar-refractivity contribution in [3.63, 3.8) is 0 Å². The molecule has 1 N–H and O–H groups in total. The molecule has 1 amide bonds. The average Bonchev–Trinajstić information content (AvgIpc) is 3.19. The third-order valence-electron chi connectivity index (χ3n) is 4.09. The van der Waals surface area contributed by atoms with E-state index in [0.717, 1.165) is 22.2 Å². The number of nitrogens with one attached hydrogen (secondary N) is 1. The molecule has 2 aromatic carbocycles. The van der Waals surface area contributed by atoms with Gasteiger partial charge in [-0.05, 0) is 30.7 Å². The Hall–Kier alpha value is -2.64. The number of amides is 1. The Morgan fingerprint density at radius 1 is 1.27 bits per heavy atom. The largest absolute Gasteiger partial charge is 0.438 e. The monoisotopic (exact) mass is 367 g/mol. The molecular formula is C19H17N3O3S. The van der Waals surface area contributed by atoms with E-state index in [1.165, 1.54) is 16.7 Å². The van der Waals surface area contributed by atoms with Crippen LogP contribution in [-0.2, 0) is 22.7 Å². The topological polar surface area (TPSA) is 79.4 Å². The Morgan fingerprint density at radius 2 is 2.12 bits per heavy atom. The molecule has 3 aromatic rings. The first-order valence-corrected chi connectivity index (χ1v) is 9.16. The fourth-order valence-electron chi connectivity index (χ4n) is 2.85. The van der Waals surface area contributed by atoms with Gasteiger partial charge in [-0.3, -0.25) is 15.1 Å². The molecule has 1 aliphatic rings. The van der Waals surface area contributed by atoms with Gasteiger partial charge in [-0.15, -0.1) is 0 Å². The smallest absolute Gasteiger partial charge is 0.243 e. The Kier molecular flexibility index (Phi) is 4.48. The highest BCUT2D eigenvalue weighted by Gasteiger charge is 2.30. The van der Waals surface area contributed by atoms with Gasteiger partial charge < -0.3 is 9.15 Å². The van der Waals surface area contributed by atoms with E-state index in [1.807, 2.05) is 49.4 Å². The Bertz CT molecular complexity index is 950. The first-order chi connectivity index (χ1) is 12.6. The number of anilines is 1. The number of carbonyl (C=O) groups excluding carboxylic acids is 1. The van der Waals surface area contributed by atoms with Crippen molar-refractivity contribution in [2.45, 2.75) is 20.1 Å². The van der Waals surface area contributed by atoms with Crippen LogP contribution in [0.4, 0.5) is 5.69 Å². The van der Waals surface area contributed by atoms with Crippen molar-refractivity contribution in [3.05, 3.63) is 59.5 Å². The molecule has 132 valence electrons. The van der Waals surface area contributed by atoms with Gasteiger partial charge in [-0.25, -0.2) is 4.98 Å². The van der Waals surface area contributed by atoms with Crippen LogP contribution in [0.5, 0.6) is 0 Å². The minimum absolute atomic E-state index is 0.0780. The van der Waals surface area contributed by atoms with E-state index in [2.05, 4.69) is 4.98 Å². The number of hydrogen-bond donors (Lipinski definition) is 1. The number of amidine groups is 1. The van der Waals surface area contributed by atoms with Crippen LogP contribution >= 0.6 is 11.8 Å². The van der Waals surface area contributed by atoms with E-state index in [1.54, 1.807) is 0 Å².